The Morgan fingerprint density at radius 1 is 0.879 bits per heavy atom. The lowest BCUT2D eigenvalue weighted by molar-refractivity contribution is -0.122. The highest BCUT2D eigenvalue weighted by molar-refractivity contribution is 5.93. The molecule has 0 atom stereocenters. The van der Waals surface area contributed by atoms with Crippen LogP contribution in [0.3, 0.4) is 0 Å². The molecule has 3 amide bonds. The van der Waals surface area contributed by atoms with E-state index in [1.165, 1.54) is 31.5 Å². The summed E-state index contributed by atoms with van der Waals surface area (Å²) in [5.74, 6) is 1.10. The second-order valence-electron chi connectivity index (χ2n) is 9.63. The zero-order valence-electron chi connectivity index (χ0n) is 19.6. The maximum Gasteiger partial charge on any atom is 0.315 e. The summed E-state index contributed by atoms with van der Waals surface area (Å²) in [6.07, 6.45) is 5.67. The number of nitrogens with one attached hydrogen (secondary N) is 3. The summed E-state index contributed by atoms with van der Waals surface area (Å²) in [5, 5.41) is 8.80. The molecular formula is C27H36N4O2. The minimum absolute atomic E-state index is 0.0978. The van der Waals surface area contributed by atoms with Crippen LogP contribution in [0.1, 0.15) is 55.7 Å². The van der Waals surface area contributed by atoms with E-state index in [1.807, 2.05) is 24.3 Å². The Bertz CT molecular complexity index is 931. The molecule has 33 heavy (non-hydrogen) atoms. The van der Waals surface area contributed by atoms with Crippen molar-refractivity contribution in [1.82, 2.24) is 15.5 Å². The number of anilines is 1. The molecule has 0 radical (unpaired) electrons. The van der Waals surface area contributed by atoms with Crippen molar-refractivity contribution in [2.75, 3.05) is 18.4 Å². The Morgan fingerprint density at radius 3 is 2.21 bits per heavy atom. The van der Waals surface area contributed by atoms with Crippen LogP contribution in [0, 0.1) is 11.8 Å². The van der Waals surface area contributed by atoms with Crippen LogP contribution in [-0.4, -0.2) is 29.9 Å². The van der Waals surface area contributed by atoms with Crippen molar-refractivity contribution in [3.8, 4) is 0 Å². The zero-order valence-corrected chi connectivity index (χ0v) is 19.6. The first kappa shape index (κ1) is 23.3. The topological polar surface area (TPSA) is 73.5 Å². The van der Waals surface area contributed by atoms with Gasteiger partial charge in [0.15, 0.2) is 0 Å². The molecular weight excluding hydrogens is 412 g/mol. The number of hydrogen-bond donors (Lipinski definition) is 3. The molecule has 0 aromatic heterocycles. The van der Waals surface area contributed by atoms with Gasteiger partial charge in [-0.1, -0.05) is 49.7 Å². The Labute approximate surface area is 197 Å². The van der Waals surface area contributed by atoms with E-state index in [0.29, 0.717) is 13.1 Å². The molecule has 176 valence electrons. The van der Waals surface area contributed by atoms with Gasteiger partial charge in [0.2, 0.25) is 5.91 Å². The summed E-state index contributed by atoms with van der Waals surface area (Å²) in [5.41, 5.74) is 4.14. The molecule has 4 rings (SSSR count). The number of piperidine rings is 1. The first-order valence-corrected chi connectivity index (χ1v) is 12.3. The van der Waals surface area contributed by atoms with Gasteiger partial charge in [-0.15, -0.1) is 0 Å². The average Bonchev–Trinajstić information content (AvgIpc) is 2.78. The summed E-state index contributed by atoms with van der Waals surface area (Å²) in [4.78, 5) is 26.9. The highest BCUT2D eigenvalue weighted by Gasteiger charge is 2.25. The number of rotatable bonds is 8. The minimum atomic E-state index is -0.203. The summed E-state index contributed by atoms with van der Waals surface area (Å²) in [6, 6.07) is 16.0. The molecule has 2 aromatic carbocycles. The molecule has 2 aliphatic rings. The van der Waals surface area contributed by atoms with Crippen molar-refractivity contribution in [2.45, 2.75) is 58.7 Å². The van der Waals surface area contributed by atoms with Crippen LogP contribution < -0.4 is 16.0 Å². The SMILES string of the molecule is CC1CCN(Cc2ccc(CNC(=O)NCc3cccc(NC(=O)C4CCC4)c3)cc2)CC1. The van der Waals surface area contributed by atoms with Gasteiger partial charge >= 0.3 is 6.03 Å². The number of likely N-dealkylation sites (tertiary alicyclic amines) is 1. The number of nitrogens with zero attached hydrogens (tertiary/aromatic N) is 1. The predicted octanol–water partition coefficient (Wildman–Crippen LogP) is 4.66. The van der Waals surface area contributed by atoms with Crippen LogP contribution >= 0.6 is 0 Å². The first-order chi connectivity index (χ1) is 16.0. The second kappa shape index (κ2) is 11.3. The first-order valence-electron chi connectivity index (χ1n) is 12.3. The molecule has 0 bridgehead atoms. The lowest BCUT2D eigenvalue weighted by atomic mass is 9.85. The largest absolute Gasteiger partial charge is 0.334 e. The maximum absolute atomic E-state index is 12.2. The maximum atomic E-state index is 12.2. The smallest absolute Gasteiger partial charge is 0.315 e. The molecule has 2 aromatic rings. The summed E-state index contributed by atoms with van der Waals surface area (Å²) < 4.78 is 0. The van der Waals surface area contributed by atoms with E-state index in [9.17, 15) is 9.59 Å². The fourth-order valence-electron chi connectivity index (χ4n) is 4.34. The Hall–Kier alpha value is -2.86. The van der Waals surface area contributed by atoms with Gasteiger partial charge < -0.3 is 16.0 Å². The molecule has 3 N–H and O–H groups in total. The van der Waals surface area contributed by atoms with Crippen LogP contribution in [0.15, 0.2) is 48.5 Å². The lowest BCUT2D eigenvalue weighted by Gasteiger charge is -2.30. The molecule has 1 aliphatic carbocycles. The third kappa shape index (κ3) is 7.06. The third-order valence-corrected chi connectivity index (χ3v) is 6.88. The zero-order chi connectivity index (χ0) is 23.0. The van der Waals surface area contributed by atoms with Gasteiger partial charge in [0.25, 0.3) is 0 Å². The van der Waals surface area contributed by atoms with Crippen LogP contribution in [0.4, 0.5) is 10.5 Å². The van der Waals surface area contributed by atoms with Crippen LogP contribution in [0.2, 0.25) is 0 Å². The normalized spacial score (nSPS) is 17.2. The van der Waals surface area contributed by atoms with Crippen molar-refractivity contribution in [2.24, 2.45) is 11.8 Å². The standard InChI is InChI=1S/C27H36N4O2/c1-20-12-14-31(15-13-20)19-22-10-8-21(9-11-22)17-28-27(33)29-18-23-4-2-7-25(16-23)30-26(32)24-5-3-6-24/h2,4,7-11,16,20,24H,3,5-6,12-15,17-19H2,1H3,(H,30,32)(H2,28,29,33). The molecule has 0 unspecified atom stereocenters. The van der Waals surface area contributed by atoms with E-state index >= 15 is 0 Å². The van der Waals surface area contributed by atoms with Crippen molar-refractivity contribution in [3.05, 3.63) is 65.2 Å². The number of amides is 3. The third-order valence-electron chi connectivity index (χ3n) is 6.88. The van der Waals surface area contributed by atoms with Gasteiger partial charge in [-0.25, -0.2) is 4.79 Å². The highest BCUT2D eigenvalue weighted by atomic mass is 16.2. The van der Waals surface area contributed by atoms with Crippen molar-refractivity contribution < 1.29 is 9.59 Å². The molecule has 6 heteroatoms. The van der Waals surface area contributed by atoms with Gasteiger partial charge in [0.05, 0.1) is 0 Å². The van der Waals surface area contributed by atoms with Crippen molar-refractivity contribution in [3.63, 3.8) is 0 Å². The number of carbonyl (C=O) groups excluding carboxylic acids is 2. The molecule has 6 nitrogen and oxygen atoms in total. The van der Waals surface area contributed by atoms with Crippen LogP contribution in [-0.2, 0) is 24.4 Å². The molecule has 1 aliphatic heterocycles. The number of hydrogen-bond acceptors (Lipinski definition) is 3. The predicted molar refractivity (Wildman–Crippen MR) is 132 cm³/mol. The van der Waals surface area contributed by atoms with E-state index in [1.54, 1.807) is 0 Å². The van der Waals surface area contributed by atoms with E-state index in [4.69, 9.17) is 0 Å². The second-order valence-corrected chi connectivity index (χ2v) is 9.63. The van der Waals surface area contributed by atoms with E-state index in [0.717, 1.165) is 48.5 Å². The lowest BCUT2D eigenvalue weighted by Crippen LogP contribution is -2.34. The van der Waals surface area contributed by atoms with Gasteiger partial charge in [-0.05, 0) is 73.5 Å². The van der Waals surface area contributed by atoms with Crippen LogP contribution in [0.25, 0.3) is 0 Å². The summed E-state index contributed by atoms with van der Waals surface area (Å²) >= 11 is 0. The summed E-state index contributed by atoms with van der Waals surface area (Å²) in [7, 11) is 0. The Kier molecular flexibility index (Phi) is 8.00. The quantitative estimate of drug-likeness (QED) is 0.550. The molecule has 0 spiro atoms. The molecule has 1 heterocycles. The number of benzene rings is 2. The fourth-order valence-corrected chi connectivity index (χ4v) is 4.34. The number of carbonyl (C=O) groups is 2. The van der Waals surface area contributed by atoms with E-state index in [2.05, 4.69) is 52.0 Å². The van der Waals surface area contributed by atoms with Crippen molar-refractivity contribution in [1.29, 1.82) is 0 Å². The average molecular weight is 449 g/mol. The van der Waals surface area contributed by atoms with Gasteiger partial charge in [-0.3, -0.25) is 9.69 Å². The van der Waals surface area contributed by atoms with Gasteiger partial charge in [0, 0.05) is 31.2 Å². The van der Waals surface area contributed by atoms with E-state index in [-0.39, 0.29) is 17.9 Å². The van der Waals surface area contributed by atoms with Gasteiger partial charge in [0.1, 0.15) is 0 Å². The monoisotopic (exact) mass is 448 g/mol. The molecule has 1 saturated carbocycles. The fraction of sp³-hybridized carbons (Fsp3) is 0.481. The summed E-state index contributed by atoms with van der Waals surface area (Å²) in [6.45, 7) is 6.60. The highest BCUT2D eigenvalue weighted by Crippen LogP contribution is 2.27. The molecule has 1 saturated heterocycles. The molecule has 2 fully saturated rings. The van der Waals surface area contributed by atoms with Crippen molar-refractivity contribution >= 4 is 17.6 Å². The Balaban J connectivity index is 1.17. The number of urea groups is 1. The van der Waals surface area contributed by atoms with Crippen LogP contribution in [0.5, 0.6) is 0 Å². The van der Waals surface area contributed by atoms with Gasteiger partial charge in [-0.2, -0.15) is 0 Å². The minimum Gasteiger partial charge on any atom is -0.334 e. The van der Waals surface area contributed by atoms with E-state index < -0.39 is 0 Å². The Morgan fingerprint density at radius 2 is 1.55 bits per heavy atom.